The number of rotatable bonds is 5. The fourth-order valence-corrected chi connectivity index (χ4v) is 4.34. The van der Waals surface area contributed by atoms with Crippen LogP contribution in [0.4, 0.5) is 11.4 Å². The van der Waals surface area contributed by atoms with E-state index in [9.17, 15) is 9.59 Å². The monoisotopic (exact) mass is 435 g/mol. The molecule has 2 heterocycles. The number of methoxy groups -OCH3 is 1. The van der Waals surface area contributed by atoms with Gasteiger partial charge in [-0.3, -0.25) is 9.59 Å². The lowest BCUT2D eigenvalue weighted by atomic mass is 10.1. The van der Waals surface area contributed by atoms with Crippen molar-refractivity contribution in [1.29, 1.82) is 0 Å². The van der Waals surface area contributed by atoms with Gasteiger partial charge in [0.05, 0.1) is 23.9 Å². The molecule has 1 fully saturated rings. The number of para-hydroxylation sites is 1. The summed E-state index contributed by atoms with van der Waals surface area (Å²) in [7, 11) is 1.66. The largest absolute Gasteiger partial charge is 0.497 e. The van der Waals surface area contributed by atoms with Gasteiger partial charge in [0.15, 0.2) is 0 Å². The minimum atomic E-state index is -0.206. The van der Waals surface area contributed by atoms with E-state index < -0.39 is 0 Å². The molecule has 160 valence electrons. The molecule has 2 aromatic carbocycles. The molecule has 31 heavy (non-hydrogen) atoms. The average Bonchev–Trinajstić information content (AvgIpc) is 3.24. The maximum Gasteiger partial charge on any atom is 0.256 e. The summed E-state index contributed by atoms with van der Waals surface area (Å²) in [5.41, 5.74) is 2.78. The van der Waals surface area contributed by atoms with Crippen LogP contribution in [0.5, 0.6) is 5.75 Å². The molecule has 0 radical (unpaired) electrons. The molecule has 1 saturated heterocycles. The first-order chi connectivity index (χ1) is 15.2. The summed E-state index contributed by atoms with van der Waals surface area (Å²) in [6.45, 7) is 2.93. The summed E-state index contributed by atoms with van der Waals surface area (Å²) >= 11 is 1.47. The van der Waals surface area contributed by atoms with E-state index >= 15 is 0 Å². The van der Waals surface area contributed by atoms with E-state index in [2.05, 4.69) is 10.2 Å². The fraction of sp³-hybridized carbons (Fsp3) is 0.250. The van der Waals surface area contributed by atoms with Crippen LogP contribution in [0.15, 0.2) is 65.4 Å². The number of amides is 2. The number of nitrogens with zero attached hydrogens (tertiary/aromatic N) is 2. The Morgan fingerprint density at radius 2 is 1.77 bits per heavy atom. The molecule has 1 aliphatic rings. The van der Waals surface area contributed by atoms with Crippen LogP contribution in [-0.2, 0) is 0 Å². The zero-order valence-corrected chi connectivity index (χ0v) is 18.2. The molecule has 0 spiro atoms. The predicted molar refractivity (Wildman–Crippen MR) is 124 cm³/mol. The van der Waals surface area contributed by atoms with Crippen molar-refractivity contribution < 1.29 is 14.3 Å². The molecule has 2 amide bonds. The Kier molecular flexibility index (Phi) is 6.52. The molecule has 4 rings (SSSR count). The van der Waals surface area contributed by atoms with E-state index in [-0.39, 0.29) is 11.8 Å². The first-order valence-corrected chi connectivity index (χ1v) is 11.2. The Labute approximate surface area is 186 Å². The van der Waals surface area contributed by atoms with Gasteiger partial charge in [0.25, 0.3) is 11.8 Å². The summed E-state index contributed by atoms with van der Waals surface area (Å²) in [5, 5.41) is 6.54. The Bertz CT molecular complexity index is 1030. The van der Waals surface area contributed by atoms with Crippen LogP contribution in [0, 0.1) is 0 Å². The summed E-state index contributed by atoms with van der Waals surface area (Å²) < 4.78 is 5.24. The Morgan fingerprint density at radius 3 is 2.52 bits per heavy atom. The van der Waals surface area contributed by atoms with Crippen molar-refractivity contribution in [3.8, 4) is 5.75 Å². The van der Waals surface area contributed by atoms with Crippen molar-refractivity contribution in [2.45, 2.75) is 6.42 Å². The molecule has 0 atom stereocenters. The van der Waals surface area contributed by atoms with E-state index in [1.54, 1.807) is 30.7 Å². The topological polar surface area (TPSA) is 61.9 Å². The lowest BCUT2D eigenvalue weighted by Crippen LogP contribution is -2.35. The molecule has 7 heteroatoms. The molecule has 0 saturated carbocycles. The van der Waals surface area contributed by atoms with E-state index in [0.29, 0.717) is 29.9 Å². The van der Waals surface area contributed by atoms with Gasteiger partial charge in [-0.05, 0) is 54.3 Å². The zero-order chi connectivity index (χ0) is 21.6. The minimum absolute atomic E-state index is 0.0576. The van der Waals surface area contributed by atoms with Gasteiger partial charge in [-0.15, -0.1) is 0 Å². The second-order valence-electron chi connectivity index (χ2n) is 7.34. The van der Waals surface area contributed by atoms with Crippen LogP contribution in [0.2, 0.25) is 0 Å². The first-order valence-electron chi connectivity index (χ1n) is 10.3. The van der Waals surface area contributed by atoms with Gasteiger partial charge in [0.2, 0.25) is 0 Å². The van der Waals surface area contributed by atoms with Crippen molar-refractivity contribution in [3.05, 3.63) is 76.5 Å². The second kappa shape index (κ2) is 9.66. The van der Waals surface area contributed by atoms with Crippen LogP contribution in [0.1, 0.15) is 27.1 Å². The van der Waals surface area contributed by atoms with Crippen molar-refractivity contribution in [1.82, 2.24) is 4.90 Å². The Balaban J connectivity index is 1.45. The van der Waals surface area contributed by atoms with Gasteiger partial charge in [-0.1, -0.05) is 12.1 Å². The van der Waals surface area contributed by atoms with Crippen molar-refractivity contribution in [2.75, 3.05) is 43.5 Å². The zero-order valence-electron chi connectivity index (χ0n) is 17.4. The number of anilines is 2. The number of hydrogen-bond acceptors (Lipinski definition) is 5. The average molecular weight is 436 g/mol. The molecule has 0 unspecified atom stereocenters. The van der Waals surface area contributed by atoms with Crippen LogP contribution < -0.4 is 15.0 Å². The lowest BCUT2D eigenvalue weighted by molar-refractivity contribution is 0.0768. The van der Waals surface area contributed by atoms with Crippen molar-refractivity contribution >= 4 is 34.5 Å². The number of thiophene rings is 1. The standard InChI is InChI=1S/C24H25N3O3S/c1-30-20-9-7-19(8-10-20)26-12-4-13-27(15-14-26)24(29)21-5-2-3-6-22(21)25-23(28)18-11-16-31-17-18/h2-3,5-11,16-17H,4,12-15H2,1H3,(H,25,28). The maximum atomic E-state index is 13.3. The molecule has 1 aromatic heterocycles. The highest BCUT2D eigenvalue weighted by Crippen LogP contribution is 2.23. The first kappa shape index (κ1) is 20.9. The SMILES string of the molecule is COc1ccc(N2CCCN(C(=O)c3ccccc3NC(=O)c3ccsc3)CC2)cc1. The van der Waals surface area contributed by atoms with E-state index in [0.717, 1.165) is 30.9 Å². The molecular weight excluding hydrogens is 410 g/mol. The summed E-state index contributed by atoms with van der Waals surface area (Å²) in [4.78, 5) is 30.0. The van der Waals surface area contributed by atoms with Crippen molar-refractivity contribution in [3.63, 3.8) is 0 Å². The number of hydrogen-bond donors (Lipinski definition) is 1. The van der Waals surface area contributed by atoms with Crippen LogP contribution in [0.3, 0.4) is 0 Å². The van der Waals surface area contributed by atoms with E-state index in [4.69, 9.17) is 4.74 Å². The number of nitrogens with one attached hydrogen (secondary N) is 1. The Morgan fingerprint density at radius 1 is 0.968 bits per heavy atom. The van der Waals surface area contributed by atoms with E-state index in [1.165, 1.54) is 11.3 Å². The predicted octanol–water partition coefficient (Wildman–Crippen LogP) is 4.36. The highest BCUT2D eigenvalue weighted by Gasteiger charge is 2.23. The van der Waals surface area contributed by atoms with E-state index in [1.807, 2.05) is 46.7 Å². The van der Waals surface area contributed by atoms with Crippen molar-refractivity contribution in [2.24, 2.45) is 0 Å². The highest BCUT2D eigenvalue weighted by atomic mass is 32.1. The molecule has 1 N–H and O–H groups in total. The summed E-state index contributed by atoms with van der Waals surface area (Å²) in [6, 6.07) is 17.0. The number of ether oxygens (including phenoxy) is 1. The highest BCUT2D eigenvalue weighted by molar-refractivity contribution is 7.08. The summed E-state index contributed by atoms with van der Waals surface area (Å²) in [6.07, 6.45) is 0.876. The van der Waals surface area contributed by atoms with Crippen LogP contribution in [0.25, 0.3) is 0 Å². The van der Waals surface area contributed by atoms with Gasteiger partial charge in [-0.2, -0.15) is 11.3 Å². The quantitative estimate of drug-likeness (QED) is 0.647. The molecule has 6 nitrogen and oxygen atoms in total. The molecule has 0 bridgehead atoms. The normalized spacial score (nSPS) is 14.1. The second-order valence-corrected chi connectivity index (χ2v) is 8.12. The van der Waals surface area contributed by atoms with Crippen LogP contribution in [-0.4, -0.2) is 50.0 Å². The third-order valence-corrected chi connectivity index (χ3v) is 6.09. The maximum absolute atomic E-state index is 13.3. The molecule has 3 aromatic rings. The molecule has 1 aliphatic heterocycles. The van der Waals surface area contributed by atoms with Crippen LogP contribution >= 0.6 is 11.3 Å². The molecular formula is C24H25N3O3S. The van der Waals surface area contributed by atoms with Gasteiger partial charge >= 0.3 is 0 Å². The molecule has 0 aliphatic carbocycles. The number of carbonyl (C=O) groups is 2. The van der Waals surface area contributed by atoms with Gasteiger partial charge in [0, 0.05) is 37.2 Å². The van der Waals surface area contributed by atoms with Gasteiger partial charge in [-0.25, -0.2) is 0 Å². The third-order valence-electron chi connectivity index (χ3n) is 5.41. The van der Waals surface area contributed by atoms with Gasteiger partial charge < -0.3 is 19.9 Å². The lowest BCUT2D eigenvalue weighted by Gasteiger charge is -2.24. The van der Waals surface area contributed by atoms with Gasteiger partial charge in [0.1, 0.15) is 5.75 Å². The summed E-state index contributed by atoms with van der Waals surface area (Å²) in [5.74, 6) is 0.567. The fourth-order valence-electron chi connectivity index (χ4n) is 3.71. The third kappa shape index (κ3) is 4.88. The number of benzene rings is 2. The number of carbonyl (C=O) groups excluding carboxylic acids is 2. The Hall–Kier alpha value is -3.32. The smallest absolute Gasteiger partial charge is 0.256 e. The minimum Gasteiger partial charge on any atom is -0.497 e.